The van der Waals surface area contributed by atoms with E-state index in [4.69, 9.17) is 9.47 Å². The molecule has 11 heteroatoms. The lowest BCUT2D eigenvalue weighted by atomic mass is 9.79. The molecule has 1 saturated carbocycles. The smallest absolute Gasteiger partial charge is 0.410 e. The predicted octanol–water partition coefficient (Wildman–Crippen LogP) is 2.92. The molecule has 1 aromatic carbocycles. The number of benzene rings is 1. The SMILES string of the molecule is COc1cc(S(=O)(=O)NC2CCC3CN(C(=O)OC(C)(C)C)CC3C2)ccc1[N+](=O)[O-]. The molecule has 0 spiro atoms. The first kappa shape index (κ1) is 23.3. The lowest BCUT2D eigenvalue weighted by Crippen LogP contribution is -2.40. The number of hydrogen-bond donors (Lipinski definition) is 1. The van der Waals surface area contributed by atoms with Crippen molar-refractivity contribution in [1.29, 1.82) is 0 Å². The number of sulfonamides is 1. The Balaban J connectivity index is 1.66. The third kappa shape index (κ3) is 5.45. The minimum absolute atomic E-state index is 0.0844. The number of amides is 1. The summed E-state index contributed by atoms with van der Waals surface area (Å²) in [7, 11) is -2.62. The Labute approximate surface area is 182 Å². The number of carbonyl (C=O) groups is 1. The van der Waals surface area contributed by atoms with Gasteiger partial charge in [-0.1, -0.05) is 0 Å². The zero-order chi connectivity index (χ0) is 23.0. The highest BCUT2D eigenvalue weighted by molar-refractivity contribution is 7.89. The second kappa shape index (κ2) is 8.62. The van der Waals surface area contributed by atoms with Crippen LogP contribution in [-0.4, -0.2) is 56.2 Å². The molecule has 0 radical (unpaired) electrons. The lowest BCUT2D eigenvalue weighted by Gasteiger charge is -2.31. The summed E-state index contributed by atoms with van der Waals surface area (Å²) in [5, 5.41) is 11.0. The van der Waals surface area contributed by atoms with E-state index >= 15 is 0 Å². The van der Waals surface area contributed by atoms with Gasteiger partial charge in [0.25, 0.3) is 0 Å². The Morgan fingerprint density at radius 2 is 1.90 bits per heavy atom. The molecule has 1 N–H and O–H groups in total. The number of methoxy groups -OCH3 is 1. The van der Waals surface area contributed by atoms with Crippen LogP contribution in [0.15, 0.2) is 23.1 Å². The first-order valence-corrected chi connectivity index (χ1v) is 11.7. The topological polar surface area (TPSA) is 128 Å². The van der Waals surface area contributed by atoms with Gasteiger partial charge in [0, 0.05) is 31.3 Å². The number of hydrogen-bond acceptors (Lipinski definition) is 7. The van der Waals surface area contributed by atoms with Crippen molar-refractivity contribution in [3.63, 3.8) is 0 Å². The molecule has 31 heavy (non-hydrogen) atoms. The number of nitrogens with zero attached hydrogens (tertiary/aromatic N) is 2. The van der Waals surface area contributed by atoms with E-state index in [9.17, 15) is 23.3 Å². The summed E-state index contributed by atoms with van der Waals surface area (Å²) < 4.78 is 38.9. The van der Waals surface area contributed by atoms with E-state index in [2.05, 4.69) is 4.72 Å². The largest absolute Gasteiger partial charge is 0.490 e. The van der Waals surface area contributed by atoms with Crippen molar-refractivity contribution >= 4 is 21.8 Å². The van der Waals surface area contributed by atoms with Crippen molar-refractivity contribution in [3.8, 4) is 5.75 Å². The van der Waals surface area contributed by atoms with Crippen LogP contribution >= 0.6 is 0 Å². The van der Waals surface area contributed by atoms with Gasteiger partial charge in [-0.25, -0.2) is 17.9 Å². The van der Waals surface area contributed by atoms with Gasteiger partial charge >= 0.3 is 11.8 Å². The maximum Gasteiger partial charge on any atom is 0.410 e. The average molecular weight is 456 g/mol. The molecule has 1 aliphatic heterocycles. The molecule has 1 aromatic rings. The van der Waals surface area contributed by atoms with E-state index in [1.54, 1.807) is 4.90 Å². The van der Waals surface area contributed by atoms with Crippen molar-refractivity contribution < 1.29 is 27.6 Å². The molecule has 1 aliphatic carbocycles. The average Bonchev–Trinajstić information content (AvgIpc) is 3.09. The zero-order valence-corrected chi connectivity index (χ0v) is 19.0. The first-order valence-electron chi connectivity index (χ1n) is 10.2. The number of fused-ring (bicyclic) bond motifs is 1. The molecule has 0 bridgehead atoms. The summed E-state index contributed by atoms with van der Waals surface area (Å²) in [6.07, 6.45) is 1.75. The fourth-order valence-electron chi connectivity index (χ4n) is 4.28. The highest BCUT2D eigenvalue weighted by Crippen LogP contribution is 2.37. The highest BCUT2D eigenvalue weighted by Gasteiger charge is 2.41. The Kier molecular flexibility index (Phi) is 6.47. The summed E-state index contributed by atoms with van der Waals surface area (Å²) >= 11 is 0. The van der Waals surface area contributed by atoms with Crippen molar-refractivity contribution in [2.24, 2.45) is 11.8 Å². The van der Waals surface area contributed by atoms with Gasteiger partial charge in [0.2, 0.25) is 10.0 Å². The monoisotopic (exact) mass is 455 g/mol. The molecule has 2 fully saturated rings. The first-order chi connectivity index (χ1) is 14.4. The predicted molar refractivity (Wildman–Crippen MR) is 112 cm³/mol. The van der Waals surface area contributed by atoms with Crippen LogP contribution < -0.4 is 9.46 Å². The number of likely N-dealkylation sites (tertiary alicyclic amines) is 1. The van der Waals surface area contributed by atoms with Crippen molar-refractivity contribution in [2.75, 3.05) is 20.2 Å². The van der Waals surface area contributed by atoms with E-state index < -0.39 is 20.5 Å². The summed E-state index contributed by atoms with van der Waals surface area (Å²) in [5.41, 5.74) is -0.857. The number of nitro groups is 1. The summed E-state index contributed by atoms with van der Waals surface area (Å²) in [5.74, 6) is 0.411. The number of ether oxygens (including phenoxy) is 2. The minimum atomic E-state index is -3.88. The molecule has 2 aliphatic rings. The number of nitrogens with one attached hydrogen (secondary N) is 1. The van der Waals surface area contributed by atoms with Crippen LogP contribution in [0.5, 0.6) is 5.75 Å². The van der Waals surface area contributed by atoms with E-state index in [1.807, 2.05) is 20.8 Å². The van der Waals surface area contributed by atoms with Gasteiger partial charge < -0.3 is 14.4 Å². The highest BCUT2D eigenvalue weighted by atomic mass is 32.2. The van der Waals surface area contributed by atoms with E-state index in [-0.39, 0.29) is 34.4 Å². The van der Waals surface area contributed by atoms with E-state index in [0.29, 0.717) is 31.8 Å². The van der Waals surface area contributed by atoms with E-state index in [1.165, 1.54) is 13.2 Å². The summed E-state index contributed by atoms with van der Waals surface area (Å²) in [6.45, 7) is 6.64. The van der Waals surface area contributed by atoms with Crippen LogP contribution in [0.25, 0.3) is 0 Å². The van der Waals surface area contributed by atoms with Crippen molar-refractivity contribution in [2.45, 2.75) is 56.6 Å². The summed E-state index contributed by atoms with van der Waals surface area (Å²) in [4.78, 5) is 24.4. The van der Waals surface area contributed by atoms with Crippen LogP contribution in [0.1, 0.15) is 40.0 Å². The molecule has 172 valence electrons. The number of rotatable bonds is 5. The fraction of sp³-hybridized carbons (Fsp3) is 0.650. The molecule has 3 unspecified atom stereocenters. The standard InChI is InChI=1S/C20H29N3O7S/c1-20(2,3)30-19(24)22-11-13-5-6-15(9-14(13)12-22)21-31(27,28)16-7-8-17(23(25)26)18(10-16)29-4/h7-8,10,13-15,21H,5-6,9,11-12H2,1-4H3. The van der Waals surface area contributed by atoms with E-state index in [0.717, 1.165) is 18.6 Å². The van der Waals surface area contributed by atoms with Gasteiger partial charge in [-0.3, -0.25) is 10.1 Å². The van der Waals surface area contributed by atoms with Crippen LogP contribution in [0.4, 0.5) is 10.5 Å². The third-order valence-electron chi connectivity index (χ3n) is 5.68. The Bertz CT molecular complexity index is 958. The normalized spacial score (nSPS) is 23.9. The van der Waals surface area contributed by atoms with Crippen LogP contribution in [0, 0.1) is 22.0 Å². The van der Waals surface area contributed by atoms with Gasteiger partial charge in [-0.2, -0.15) is 0 Å². The van der Waals surface area contributed by atoms with Crippen molar-refractivity contribution in [1.82, 2.24) is 9.62 Å². The molecule has 10 nitrogen and oxygen atoms in total. The second-order valence-electron chi connectivity index (χ2n) is 9.13. The Morgan fingerprint density at radius 1 is 1.23 bits per heavy atom. The van der Waals surface area contributed by atoms with Crippen LogP contribution in [-0.2, 0) is 14.8 Å². The van der Waals surface area contributed by atoms with Gasteiger partial charge in [0.15, 0.2) is 5.75 Å². The second-order valence-corrected chi connectivity index (χ2v) is 10.8. The maximum atomic E-state index is 12.9. The maximum absolute atomic E-state index is 12.9. The molecule has 1 saturated heterocycles. The van der Waals surface area contributed by atoms with Crippen LogP contribution in [0.2, 0.25) is 0 Å². The van der Waals surface area contributed by atoms with Crippen LogP contribution in [0.3, 0.4) is 0 Å². The van der Waals surface area contributed by atoms with Crippen molar-refractivity contribution in [3.05, 3.63) is 28.3 Å². The number of carbonyl (C=O) groups excluding carboxylic acids is 1. The third-order valence-corrected chi connectivity index (χ3v) is 7.20. The minimum Gasteiger partial charge on any atom is -0.490 e. The Hall–Kier alpha value is -2.40. The number of nitro benzene ring substituents is 1. The molecular weight excluding hydrogens is 426 g/mol. The summed E-state index contributed by atoms with van der Waals surface area (Å²) in [6, 6.07) is 3.21. The van der Waals surface area contributed by atoms with Gasteiger partial charge in [-0.05, 0) is 57.9 Å². The zero-order valence-electron chi connectivity index (χ0n) is 18.2. The molecular formula is C20H29N3O7S. The molecule has 3 atom stereocenters. The molecule has 1 heterocycles. The molecule has 3 rings (SSSR count). The molecule has 1 amide bonds. The van der Waals surface area contributed by atoms with Gasteiger partial charge in [0.05, 0.1) is 16.9 Å². The van der Waals surface area contributed by atoms with Gasteiger partial charge in [0.1, 0.15) is 5.60 Å². The Morgan fingerprint density at radius 3 is 2.52 bits per heavy atom. The lowest BCUT2D eigenvalue weighted by molar-refractivity contribution is -0.385. The van der Waals surface area contributed by atoms with Gasteiger partial charge in [-0.15, -0.1) is 0 Å². The quantitative estimate of drug-likeness (QED) is 0.534. The fourth-order valence-corrected chi connectivity index (χ4v) is 5.58. The molecule has 0 aromatic heterocycles.